The summed E-state index contributed by atoms with van der Waals surface area (Å²) in [6.07, 6.45) is 3.48. The van der Waals surface area contributed by atoms with E-state index < -0.39 is 17.3 Å². The largest absolute Gasteiger partial charge is 0.467 e. The summed E-state index contributed by atoms with van der Waals surface area (Å²) >= 11 is 0. The van der Waals surface area contributed by atoms with Gasteiger partial charge in [-0.05, 0) is 53.4 Å². The highest BCUT2D eigenvalue weighted by atomic mass is 16.6. The molecule has 1 aliphatic rings. The number of hydrogen-bond donors (Lipinski definition) is 1. The molecule has 3 aromatic heterocycles. The molecule has 0 unspecified atom stereocenters. The number of nitrogens with zero attached hydrogens (tertiary/aromatic N) is 6. The zero-order valence-electron chi connectivity index (χ0n) is 21.8. The van der Waals surface area contributed by atoms with Gasteiger partial charge in [-0.3, -0.25) is 4.68 Å². The number of carbonyl (C=O) groups excluding carboxylic acids is 2. The Kier molecular flexibility index (Phi) is 6.74. The van der Waals surface area contributed by atoms with Gasteiger partial charge in [0.1, 0.15) is 17.2 Å². The van der Waals surface area contributed by atoms with E-state index in [0.717, 1.165) is 5.39 Å². The molecule has 0 aromatic carbocycles. The molecule has 12 nitrogen and oxygen atoms in total. The number of rotatable bonds is 5. The van der Waals surface area contributed by atoms with Crippen LogP contribution in [0.4, 0.5) is 16.4 Å². The second-order valence-corrected chi connectivity index (χ2v) is 10.1. The third-order valence-corrected chi connectivity index (χ3v) is 6.42. The number of nitrogens with one attached hydrogen (secondary N) is 1. The van der Waals surface area contributed by atoms with Crippen LogP contribution in [-0.2, 0) is 26.1 Å². The third-order valence-electron chi connectivity index (χ3n) is 6.42. The first-order valence-corrected chi connectivity index (χ1v) is 11.9. The highest BCUT2D eigenvalue weighted by Crippen LogP contribution is 2.40. The van der Waals surface area contributed by atoms with Crippen molar-refractivity contribution in [1.82, 2.24) is 29.5 Å². The van der Waals surface area contributed by atoms with E-state index in [1.54, 1.807) is 44.6 Å². The van der Waals surface area contributed by atoms with Gasteiger partial charge in [0.25, 0.3) is 0 Å². The minimum absolute atomic E-state index is 0.0267. The molecule has 0 aliphatic heterocycles. The lowest BCUT2D eigenvalue weighted by atomic mass is 9.78. The molecule has 4 rings (SSSR count). The van der Waals surface area contributed by atoms with Gasteiger partial charge >= 0.3 is 12.1 Å². The molecule has 1 fully saturated rings. The molecule has 0 saturated heterocycles. The third kappa shape index (κ3) is 4.90. The number of fused-ring (bicyclic) bond motifs is 1. The summed E-state index contributed by atoms with van der Waals surface area (Å²) in [5.41, 5.74) is -0.285. The number of hydrogen-bond acceptors (Lipinski definition) is 10. The Morgan fingerprint density at radius 1 is 1.17 bits per heavy atom. The van der Waals surface area contributed by atoms with Crippen LogP contribution in [0.25, 0.3) is 11.0 Å². The van der Waals surface area contributed by atoms with E-state index >= 15 is 0 Å². The standard InChI is InChI=1S/C24H33N7O5/c1-14-12-17(29-31(14)22(33)36-23(2,3)4)26-19-16-13-25-30(5)20(16)28-18(27-19)15-8-10-24(35-7,11-9-15)21(32)34-6/h12-13,15H,8-11H2,1-7H3,(H,26,27,28,29). The average molecular weight is 500 g/mol. The fourth-order valence-corrected chi connectivity index (χ4v) is 4.48. The fraction of sp³-hybridized carbons (Fsp3) is 0.583. The molecule has 12 heteroatoms. The van der Waals surface area contributed by atoms with Crippen molar-refractivity contribution in [2.75, 3.05) is 19.5 Å². The lowest BCUT2D eigenvalue weighted by molar-refractivity contribution is -0.170. The molecule has 194 valence electrons. The fourth-order valence-electron chi connectivity index (χ4n) is 4.48. The molecular formula is C24H33N7O5. The van der Waals surface area contributed by atoms with Gasteiger partial charge in [-0.2, -0.15) is 9.78 Å². The van der Waals surface area contributed by atoms with Gasteiger partial charge in [-0.25, -0.2) is 19.6 Å². The molecule has 0 radical (unpaired) electrons. The number of carbonyl (C=O) groups is 2. The van der Waals surface area contributed by atoms with Gasteiger partial charge in [0.05, 0.1) is 18.7 Å². The van der Waals surface area contributed by atoms with E-state index in [4.69, 9.17) is 24.2 Å². The molecule has 0 atom stereocenters. The molecule has 0 amide bonds. The molecule has 1 aliphatic carbocycles. The number of aryl methyl sites for hydroxylation is 2. The van der Waals surface area contributed by atoms with Crippen LogP contribution in [0, 0.1) is 6.92 Å². The van der Waals surface area contributed by atoms with E-state index in [1.165, 1.54) is 18.9 Å². The first kappa shape index (κ1) is 25.5. The number of aromatic nitrogens is 6. The zero-order valence-corrected chi connectivity index (χ0v) is 21.8. The summed E-state index contributed by atoms with van der Waals surface area (Å²) < 4.78 is 18.9. The van der Waals surface area contributed by atoms with Crippen molar-refractivity contribution in [3.05, 3.63) is 23.8 Å². The summed E-state index contributed by atoms with van der Waals surface area (Å²) in [5.74, 6) is 1.30. The van der Waals surface area contributed by atoms with E-state index in [2.05, 4.69) is 15.5 Å². The number of esters is 1. The topological polar surface area (TPSA) is 135 Å². The van der Waals surface area contributed by atoms with Gasteiger partial charge in [-0.1, -0.05) is 0 Å². The lowest BCUT2D eigenvalue weighted by Crippen LogP contribution is -2.44. The van der Waals surface area contributed by atoms with Crippen LogP contribution < -0.4 is 5.32 Å². The summed E-state index contributed by atoms with van der Waals surface area (Å²) in [5, 5.41) is 12.7. The molecular weight excluding hydrogens is 466 g/mol. The van der Waals surface area contributed by atoms with Crippen LogP contribution in [0.3, 0.4) is 0 Å². The molecule has 1 N–H and O–H groups in total. The molecule has 0 spiro atoms. The Bertz CT molecular complexity index is 1280. The number of methoxy groups -OCH3 is 2. The zero-order chi connectivity index (χ0) is 26.3. The van der Waals surface area contributed by atoms with Crippen LogP contribution in [-0.4, -0.2) is 67.0 Å². The molecule has 0 bridgehead atoms. The van der Waals surface area contributed by atoms with Crippen molar-refractivity contribution in [3.8, 4) is 0 Å². The van der Waals surface area contributed by atoms with Gasteiger partial charge in [0, 0.05) is 31.8 Å². The quantitative estimate of drug-likeness (QED) is 0.519. The maximum Gasteiger partial charge on any atom is 0.435 e. The summed E-state index contributed by atoms with van der Waals surface area (Å²) in [7, 11) is 4.73. The smallest absolute Gasteiger partial charge is 0.435 e. The van der Waals surface area contributed by atoms with Gasteiger partial charge in [0.15, 0.2) is 17.1 Å². The monoisotopic (exact) mass is 499 g/mol. The van der Waals surface area contributed by atoms with Gasteiger partial charge in [0.2, 0.25) is 0 Å². The van der Waals surface area contributed by atoms with Crippen LogP contribution in [0.15, 0.2) is 12.3 Å². The lowest BCUT2D eigenvalue weighted by Gasteiger charge is -2.36. The van der Waals surface area contributed by atoms with Gasteiger partial charge in [-0.15, -0.1) is 5.10 Å². The summed E-state index contributed by atoms with van der Waals surface area (Å²) in [6, 6.07) is 1.75. The molecule has 36 heavy (non-hydrogen) atoms. The second-order valence-electron chi connectivity index (χ2n) is 10.1. The minimum Gasteiger partial charge on any atom is -0.467 e. The Morgan fingerprint density at radius 2 is 1.86 bits per heavy atom. The van der Waals surface area contributed by atoms with Crippen LogP contribution >= 0.6 is 0 Å². The van der Waals surface area contributed by atoms with E-state index in [9.17, 15) is 9.59 Å². The average Bonchev–Trinajstić information content (AvgIpc) is 3.39. The van der Waals surface area contributed by atoms with Crippen molar-refractivity contribution < 1.29 is 23.8 Å². The maximum absolute atomic E-state index is 12.5. The minimum atomic E-state index is -0.936. The predicted octanol–water partition coefficient (Wildman–Crippen LogP) is 3.61. The number of ether oxygens (including phenoxy) is 3. The number of anilines is 2. The summed E-state index contributed by atoms with van der Waals surface area (Å²) in [6.45, 7) is 7.19. The van der Waals surface area contributed by atoms with Gasteiger partial charge < -0.3 is 19.5 Å². The highest BCUT2D eigenvalue weighted by molar-refractivity contribution is 5.88. The SMILES string of the molecule is COC(=O)C1(OC)CCC(c2nc(Nc3cc(C)n(C(=O)OC(C)(C)C)n3)c3cnn(C)c3n2)CC1. The normalized spacial score (nSPS) is 20.4. The van der Waals surface area contributed by atoms with Crippen molar-refractivity contribution in [1.29, 1.82) is 0 Å². The second kappa shape index (κ2) is 9.49. The van der Waals surface area contributed by atoms with Crippen LogP contribution in [0.1, 0.15) is 63.9 Å². The molecule has 1 saturated carbocycles. The van der Waals surface area contributed by atoms with Crippen molar-refractivity contribution >= 4 is 34.7 Å². The van der Waals surface area contributed by atoms with E-state index in [0.29, 0.717) is 54.5 Å². The Morgan fingerprint density at radius 3 is 2.47 bits per heavy atom. The maximum atomic E-state index is 12.5. The molecule has 3 aromatic rings. The van der Waals surface area contributed by atoms with Crippen LogP contribution in [0.5, 0.6) is 0 Å². The van der Waals surface area contributed by atoms with Crippen molar-refractivity contribution in [3.63, 3.8) is 0 Å². The molecule has 3 heterocycles. The predicted molar refractivity (Wildman–Crippen MR) is 131 cm³/mol. The summed E-state index contributed by atoms with van der Waals surface area (Å²) in [4.78, 5) is 34.5. The highest BCUT2D eigenvalue weighted by Gasteiger charge is 2.44. The van der Waals surface area contributed by atoms with Crippen LogP contribution in [0.2, 0.25) is 0 Å². The Balaban J connectivity index is 1.62. The van der Waals surface area contributed by atoms with Crippen molar-refractivity contribution in [2.45, 2.75) is 70.5 Å². The first-order valence-electron chi connectivity index (χ1n) is 11.9. The van der Waals surface area contributed by atoms with Crippen molar-refractivity contribution in [2.24, 2.45) is 7.05 Å². The van der Waals surface area contributed by atoms with E-state index in [1.807, 2.05) is 7.05 Å². The Hall–Kier alpha value is -3.54. The van der Waals surface area contributed by atoms with E-state index in [-0.39, 0.29) is 11.9 Å². The Labute approximate surface area is 209 Å². The first-order chi connectivity index (χ1) is 17.0.